The molecule has 6 heteroatoms. The molecule has 0 atom stereocenters. The highest BCUT2D eigenvalue weighted by Crippen LogP contribution is 2.20. The van der Waals surface area contributed by atoms with Crippen molar-refractivity contribution in [2.75, 3.05) is 5.32 Å². The lowest BCUT2D eigenvalue weighted by molar-refractivity contribution is 0.568. The van der Waals surface area contributed by atoms with Gasteiger partial charge in [0.25, 0.3) is 0 Å². The minimum absolute atomic E-state index is 0.514. The van der Waals surface area contributed by atoms with Crippen molar-refractivity contribution < 1.29 is 4.42 Å². The van der Waals surface area contributed by atoms with Gasteiger partial charge in [0.15, 0.2) is 0 Å². The summed E-state index contributed by atoms with van der Waals surface area (Å²) >= 11 is 0. The van der Waals surface area contributed by atoms with Gasteiger partial charge >= 0.3 is 0 Å². The summed E-state index contributed by atoms with van der Waals surface area (Å²) in [6.45, 7) is 2.67. The molecule has 2 heterocycles. The number of H-pyrrole nitrogens is 1. The average Bonchev–Trinajstić information content (AvgIpc) is 3.08. The SMILES string of the molecule is Cc1[nH]cnc1CNc1cccc(-c2nnco2)c1. The minimum atomic E-state index is 0.514. The molecule has 0 radical (unpaired) electrons. The Hall–Kier alpha value is -2.63. The molecule has 0 aliphatic rings. The van der Waals surface area contributed by atoms with E-state index in [4.69, 9.17) is 4.42 Å². The first-order chi connectivity index (χ1) is 9.33. The quantitative estimate of drug-likeness (QED) is 0.748. The number of anilines is 1. The highest BCUT2D eigenvalue weighted by Gasteiger charge is 2.05. The molecule has 3 aromatic rings. The highest BCUT2D eigenvalue weighted by molar-refractivity contribution is 5.60. The van der Waals surface area contributed by atoms with E-state index in [1.165, 1.54) is 6.39 Å². The summed E-state index contributed by atoms with van der Waals surface area (Å²) in [5.41, 5.74) is 3.95. The number of imidazole rings is 1. The number of rotatable bonds is 4. The zero-order valence-corrected chi connectivity index (χ0v) is 10.4. The van der Waals surface area contributed by atoms with Gasteiger partial charge in [-0.3, -0.25) is 0 Å². The molecular formula is C13H13N5O. The lowest BCUT2D eigenvalue weighted by Gasteiger charge is -2.06. The van der Waals surface area contributed by atoms with Gasteiger partial charge in [-0.25, -0.2) is 4.98 Å². The largest absolute Gasteiger partial charge is 0.423 e. The van der Waals surface area contributed by atoms with Crippen molar-refractivity contribution in [3.63, 3.8) is 0 Å². The number of hydrogen-bond donors (Lipinski definition) is 2. The molecule has 96 valence electrons. The Morgan fingerprint density at radius 2 is 2.32 bits per heavy atom. The van der Waals surface area contributed by atoms with Crippen molar-refractivity contribution in [1.82, 2.24) is 20.2 Å². The molecular weight excluding hydrogens is 242 g/mol. The topological polar surface area (TPSA) is 79.6 Å². The van der Waals surface area contributed by atoms with Crippen molar-refractivity contribution >= 4 is 5.69 Å². The van der Waals surface area contributed by atoms with Crippen LogP contribution in [0.5, 0.6) is 0 Å². The van der Waals surface area contributed by atoms with Crippen LogP contribution in [0.25, 0.3) is 11.5 Å². The van der Waals surface area contributed by atoms with Gasteiger partial charge in [0.2, 0.25) is 12.3 Å². The monoisotopic (exact) mass is 255 g/mol. The van der Waals surface area contributed by atoms with Gasteiger partial charge in [-0.15, -0.1) is 10.2 Å². The molecule has 0 bridgehead atoms. The number of nitrogens with one attached hydrogen (secondary N) is 2. The first-order valence-corrected chi connectivity index (χ1v) is 5.92. The predicted octanol–water partition coefficient (Wildman–Crippen LogP) is 2.38. The Morgan fingerprint density at radius 1 is 1.37 bits per heavy atom. The molecule has 0 saturated carbocycles. The summed E-state index contributed by atoms with van der Waals surface area (Å²) in [4.78, 5) is 7.30. The number of benzene rings is 1. The van der Waals surface area contributed by atoms with Crippen LogP contribution in [-0.4, -0.2) is 20.2 Å². The third-order valence-electron chi connectivity index (χ3n) is 2.86. The lowest BCUT2D eigenvalue weighted by atomic mass is 10.2. The van der Waals surface area contributed by atoms with Gasteiger partial charge in [-0.1, -0.05) is 6.07 Å². The van der Waals surface area contributed by atoms with E-state index in [0.29, 0.717) is 12.4 Å². The van der Waals surface area contributed by atoms with E-state index in [1.807, 2.05) is 31.2 Å². The van der Waals surface area contributed by atoms with Gasteiger partial charge in [0, 0.05) is 16.9 Å². The van der Waals surface area contributed by atoms with Crippen LogP contribution in [-0.2, 0) is 6.54 Å². The zero-order chi connectivity index (χ0) is 13.1. The van der Waals surface area contributed by atoms with E-state index < -0.39 is 0 Å². The molecule has 0 unspecified atom stereocenters. The van der Waals surface area contributed by atoms with Crippen molar-refractivity contribution in [3.05, 3.63) is 48.4 Å². The number of aromatic amines is 1. The van der Waals surface area contributed by atoms with Crippen molar-refractivity contribution in [1.29, 1.82) is 0 Å². The Bertz CT molecular complexity index is 659. The maximum Gasteiger partial charge on any atom is 0.247 e. The Labute approximate surface area is 109 Å². The van der Waals surface area contributed by atoms with Crippen molar-refractivity contribution in [2.45, 2.75) is 13.5 Å². The summed E-state index contributed by atoms with van der Waals surface area (Å²) in [6, 6.07) is 7.83. The fraction of sp³-hybridized carbons (Fsp3) is 0.154. The van der Waals surface area contributed by atoms with Crippen LogP contribution in [0.3, 0.4) is 0 Å². The summed E-state index contributed by atoms with van der Waals surface area (Å²) in [7, 11) is 0. The Kier molecular flexibility index (Phi) is 2.97. The summed E-state index contributed by atoms with van der Waals surface area (Å²) in [5.74, 6) is 0.514. The predicted molar refractivity (Wildman–Crippen MR) is 70.4 cm³/mol. The Morgan fingerprint density at radius 3 is 3.05 bits per heavy atom. The highest BCUT2D eigenvalue weighted by atomic mass is 16.4. The third-order valence-corrected chi connectivity index (χ3v) is 2.86. The standard InChI is InChI=1S/C13H13N5O/c1-9-12(16-7-15-9)6-14-11-4-2-3-10(5-11)13-18-17-8-19-13/h2-5,7-8,14H,6H2,1H3,(H,15,16). The first-order valence-electron chi connectivity index (χ1n) is 5.92. The van der Waals surface area contributed by atoms with E-state index in [2.05, 4.69) is 25.5 Å². The molecule has 2 N–H and O–H groups in total. The fourth-order valence-corrected chi connectivity index (χ4v) is 1.81. The molecule has 0 aliphatic heterocycles. The number of aryl methyl sites for hydroxylation is 1. The van der Waals surface area contributed by atoms with Crippen LogP contribution in [0.2, 0.25) is 0 Å². The van der Waals surface area contributed by atoms with Gasteiger partial charge in [0.1, 0.15) is 0 Å². The molecule has 3 rings (SSSR count). The van der Waals surface area contributed by atoms with E-state index in [-0.39, 0.29) is 0 Å². The molecule has 0 spiro atoms. The summed E-state index contributed by atoms with van der Waals surface area (Å²) in [5, 5.41) is 10.9. The average molecular weight is 255 g/mol. The van der Waals surface area contributed by atoms with Crippen molar-refractivity contribution in [2.24, 2.45) is 0 Å². The van der Waals surface area contributed by atoms with E-state index in [1.54, 1.807) is 6.33 Å². The number of hydrogen-bond acceptors (Lipinski definition) is 5. The molecule has 1 aromatic carbocycles. The second-order valence-electron chi connectivity index (χ2n) is 4.15. The van der Waals surface area contributed by atoms with Crippen LogP contribution >= 0.6 is 0 Å². The molecule has 6 nitrogen and oxygen atoms in total. The van der Waals surface area contributed by atoms with Crippen LogP contribution in [0.15, 0.2) is 41.4 Å². The van der Waals surface area contributed by atoms with E-state index >= 15 is 0 Å². The second-order valence-corrected chi connectivity index (χ2v) is 4.15. The summed E-state index contributed by atoms with van der Waals surface area (Å²) < 4.78 is 5.18. The second kappa shape index (κ2) is 4.93. The van der Waals surface area contributed by atoms with E-state index in [9.17, 15) is 0 Å². The molecule has 0 saturated heterocycles. The van der Waals surface area contributed by atoms with Crippen LogP contribution in [0.1, 0.15) is 11.4 Å². The number of aromatic nitrogens is 4. The lowest BCUT2D eigenvalue weighted by Crippen LogP contribution is -2.01. The zero-order valence-electron chi connectivity index (χ0n) is 10.4. The smallest absolute Gasteiger partial charge is 0.247 e. The van der Waals surface area contributed by atoms with Crippen molar-refractivity contribution in [3.8, 4) is 11.5 Å². The fourth-order valence-electron chi connectivity index (χ4n) is 1.81. The van der Waals surface area contributed by atoms with E-state index in [0.717, 1.165) is 22.6 Å². The van der Waals surface area contributed by atoms with Crippen LogP contribution in [0, 0.1) is 6.92 Å². The van der Waals surface area contributed by atoms with Crippen LogP contribution < -0.4 is 5.32 Å². The number of nitrogens with zero attached hydrogens (tertiary/aromatic N) is 3. The van der Waals surface area contributed by atoms with Gasteiger partial charge < -0.3 is 14.7 Å². The van der Waals surface area contributed by atoms with Crippen LogP contribution in [0.4, 0.5) is 5.69 Å². The summed E-state index contributed by atoms with van der Waals surface area (Å²) in [6.07, 6.45) is 3.02. The molecule has 2 aromatic heterocycles. The molecule has 0 aliphatic carbocycles. The third kappa shape index (κ3) is 2.47. The Balaban J connectivity index is 1.75. The molecule has 0 fully saturated rings. The van der Waals surface area contributed by atoms with Gasteiger partial charge in [-0.2, -0.15) is 0 Å². The molecule has 0 amide bonds. The van der Waals surface area contributed by atoms with Gasteiger partial charge in [0.05, 0.1) is 18.6 Å². The first kappa shape index (κ1) is 11.5. The maximum absolute atomic E-state index is 5.18. The van der Waals surface area contributed by atoms with Gasteiger partial charge in [-0.05, 0) is 25.1 Å². The molecule has 19 heavy (non-hydrogen) atoms. The minimum Gasteiger partial charge on any atom is -0.423 e. The normalized spacial score (nSPS) is 10.6. The maximum atomic E-state index is 5.18.